The number of ether oxygens (including phenoxy) is 1. The zero-order chi connectivity index (χ0) is 12.3. The minimum atomic E-state index is 0.125. The van der Waals surface area contributed by atoms with Gasteiger partial charge >= 0.3 is 0 Å². The number of rotatable bonds is 5. The summed E-state index contributed by atoms with van der Waals surface area (Å²) in [4.78, 5) is 1.19. The number of hydrogen-bond donors (Lipinski definition) is 1. The van der Waals surface area contributed by atoms with E-state index in [1.165, 1.54) is 16.4 Å². The van der Waals surface area contributed by atoms with Gasteiger partial charge < -0.3 is 10.1 Å². The van der Waals surface area contributed by atoms with Gasteiger partial charge in [0.15, 0.2) is 0 Å². The van der Waals surface area contributed by atoms with Gasteiger partial charge in [-0.05, 0) is 30.1 Å². The van der Waals surface area contributed by atoms with Crippen LogP contribution in [-0.4, -0.2) is 22.7 Å². The quantitative estimate of drug-likeness (QED) is 0.876. The van der Waals surface area contributed by atoms with E-state index in [1.54, 1.807) is 0 Å². The van der Waals surface area contributed by atoms with E-state index in [9.17, 15) is 0 Å². The standard InChI is InChI=1S/C12H19N3OS/c1-4-13-11(9-6-5-7-16-9)12-10(8(2)3)14-15-17-12/h6,8,11,13H,4-5,7H2,1-3H3. The summed E-state index contributed by atoms with van der Waals surface area (Å²) in [5.74, 6) is 1.42. The maximum Gasteiger partial charge on any atom is 0.115 e. The number of nitrogens with one attached hydrogen (secondary N) is 1. The van der Waals surface area contributed by atoms with E-state index in [0.29, 0.717) is 5.92 Å². The third kappa shape index (κ3) is 2.66. The van der Waals surface area contributed by atoms with Crippen LogP contribution >= 0.6 is 11.5 Å². The van der Waals surface area contributed by atoms with Crippen molar-refractivity contribution in [3.05, 3.63) is 22.4 Å². The summed E-state index contributed by atoms with van der Waals surface area (Å²) < 4.78 is 9.76. The van der Waals surface area contributed by atoms with Crippen LogP contribution in [-0.2, 0) is 4.74 Å². The Morgan fingerprint density at radius 2 is 2.35 bits per heavy atom. The first-order chi connectivity index (χ1) is 8.24. The molecule has 0 saturated heterocycles. The van der Waals surface area contributed by atoms with Crippen molar-refractivity contribution >= 4 is 11.5 Å². The topological polar surface area (TPSA) is 47.0 Å². The van der Waals surface area contributed by atoms with E-state index < -0.39 is 0 Å². The van der Waals surface area contributed by atoms with Gasteiger partial charge in [0.2, 0.25) is 0 Å². The molecule has 0 spiro atoms. The van der Waals surface area contributed by atoms with E-state index in [0.717, 1.165) is 31.0 Å². The van der Waals surface area contributed by atoms with Gasteiger partial charge in [-0.15, -0.1) is 5.10 Å². The Bertz CT molecular complexity index is 400. The molecule has 1 aliphatic rings. The predicted molar refractivity (Wildman–Crippen MR) is 69.1 cm³/mol. The summed E-state index contributed by atoms with van der Waals surface area (Å²) in [7, 11) is 0. The van der Waals surface area contributed by atoms with Crippen LogP contribution in [0.4, 0.5) is 0 Å². The number of aromatic nitrogens is 2. The van der Waals surface area contributed by atoms with Crippen molar-refractivity contribution in [3.63, 3.8) is 0 Å². The molecule has 5 heteroatoms. The molecule has 2 heterocycles. The Hall–Kier alpha value is -0.940. The molecule has 1 atom stereocenters. The second-order valence-electron chi connectivity index (χ2n) is 4.41. The van der Waals surface area contributed by atoms with Crippen molar-refractivity contribution in [3.8, 4) is 0 Å². The van der Waals surface area contributed by atoms with E-state index in [-0.39, 0.29) is 6.04 Å². The van der Waals surface area contributed by atoms with Gasteiger partial charge in [-0.2, -0.15) is 0 Å². The lowest BCUT2D eigenvalue weighted by molar-refractivity contribution is 0.216. The zero-order valence-corrected chi connectivity index (χ0v) is 11.4. The van der Waals surface area contributed by atoms with E-state index in [2.05, 4.69) is 41.8 Å². The zero-order valence-electron chi connectivity index (χ0n) is 10.6. The molecule has 17 heavy (non-hydrogen) atoms. The van der Waals surface area contributed by atoms with Crippen LogP contribution in [0.2, 0.25) is 0 Å². The van der Waals surface area contributed by atoms with Gasteiger partial charge in [-0.25, -0.2) is 0 Å². The third-order valence-corrected chi connectivity index (χ3v) is 3.58. The first-order valence-electron chi connectivity index (χ1n) is 6.12. The fourth-order valence-electron chi connectivity index (χ4n) is 1.97. The number of hydrogen-bond acceptors (Lipinski definition) is 5. The predicted octanol–water partition coefficient (Wildman–Crippen LogP) is 2.62. The van der Waals surface area contributed by atoms with Gasteiger partial charge in [0, 0.05) is 6.42 Å². The molecule has 0 fully saturated rings. The van der Waals surface area contributed by atoms with Crippen molar-refractivity contribution < 1.29 is 4.74 Å². The highest BCUT2D eigenvalue weighted by Gasteiger charge is 2.26. The highest BCUT2D eigenvalue weighted by Crippen LogP contribution is 2.33. The molecule has 1 N–H and O–H groups in total. The molecule has 2 rings (SSSR count). The lowest BCUT2D eigenvalue weighted by atomic mass is 10.0. The second-order valence-corrected chi connectivity index (χ2v) is 5.20. The molecule has 0 aliphatic carbocycles. The van der Waals surface area contributed by atoms with Crippen LogP contribution in [0.25, 0.3) is 0 Å². The highest BCUT2D eigenvalue weighted by molar-refractivity contribution is 7.05. The monoisotopic (exact) mass is 253 g/mol. The van der Waals surface area contributed by atoms with Gasteiger partial charge in [-0.1, -0.05) is 25.3 Å². The molecule has 0 radical (unpaired) electrons. The Morgan fingerprint density at radius 3 is 2.94 bits per heavy atom. The summed E-state index contributed by atoms with van der Waals surface area (Å²) in [6, 6.07) is 0.125. The van der Waals surface area contributed by atoms with Crippen molar-refractivity contribution in [1.29, 1.82) is 0 Å². The number of nitrogens with zero attached hydrogens (tertiary/aromatic N) is 2. The summed E-state index contributed by atoms with van der Waals surface area (Å²) in [5, 5.41) is 7.70. The molecule has 1 aliphatic heterocycles. The normalized spacial score (nSPS) is 17.1. The SMILES string of the molecule is CCNC(C1=CCCO1)c1snnc1C(C)C. The minimum absolute atomic E-state index is 0.125. The molecule has 0 saturated carbocycles. The molecule has 4 nitrogen and oxygen atoms in total. The molecule has 1 unspecified atom stereocenters. The van der Waals surface area contributed by atoms with Crippen LogP contribution in [0.5, 0.6) is 0 Å². The Balaban J connectivity index is 2.28. The number of likely N-dealkylation sites (N-methyl/N-ethyl adjacent to an activating group) is 1. The maximum atomic E-state index is 5.68. The summed E-state index contributed by atoms with van der Waals surface area (Å²) >= 11 is 1.47. The largest absolute Gasteiger partial charge is 0.496 e. The average Bonchev–Trinajstić information content (AvgIpc) is 2.96. The third-order valence-electron chi connectivity index (χ3n) is 2.77. The molecule has 1 aromatic rings. The van der Waals surface area contributed by atoms with Crippen molar-refractivity contribution in [2.24, 2.45) is 0 Å². The Kier molecular flexibility index (Phi) is 4.12. The van der Waals surface area contributed by atoms with Gasteiger partial charge in [0.25, 0.3) is 0 Å². The maximum absolute atomic E-state index is 5.68. The first kappa shape index (κ1) is 12.5. The van der Waals surface area contributed by atoms with Crippen LogP contribution < -0.4 is 5.32 Å². The Labute approximate surface area is 106 Å². The average molecular weight is 253 g/mol. The molecule has 0 aromatic carbocycles. The van der Waals surface area contributed by atoms with Crippen molar-refractivity contribution in [2.45, 2.75) is 39.2 Å². The molecule has 0 bridgehead atoms. The second kappa shape index (κ2) is 5.60. The Morgan fingerprint density at radius 1 is 1.53 bits per heavy atom. The highest BCUT2D eigenvalue weighted by atomic mass is 32.1. The van der Waals surface area contributed by atoms with Gasteiger partial charge in [0.1, 0.15) is 11.8 Å². The first-order valence-corrected chi connectivity index (χ1v) is 6.89. The summed E-state index contributed by atoms with van der Waals surface area (Å²) in [5.41, 5.74) is 1.08. The van der Waals surface area contributed by atoms with Gasteiger partial charge in [-0.3, -0.25) is 0 Å². The van der Waals surface area contributed by atoms with Crippen LogP contribution in [0.1, 0.15) is 49.7 Å². The fraction of sp³-hybridized carbons (Fsp3) is 0.667. The van der Waals surface area contributed by atoms with Crippen LogP contribution in [0.3, 0.4) is 0 Å². The minimum Gasteiger partial charge on any atom is -0.496 e. The molecular formula is C12H19N3OS. The van der Waals surface area contributed by atoms with Crippen LogP contribution in [0, 0.1) is 0 Å². The fourth-order valence-corrected chi connectivity index (χ4v) is 2.86. The molecule has 1 aromatic heterocycles. The van der Waals surface area contributed by atoms with E-state index in [1.807, 2.05) is 0 Å². The molecule has 0 amide bonds. The molecular weight excluding hydrogens is 234 g/mol. The van der Waals surface area contributed by atoms with Gasteiger partial charge in [0.05, 0.1) is 17.2 Å². The summed E-state index contributed by atoms with van der Waals surface area (Å²) in [6.07, 6.45) is 3.16. The van der Waals surface area contributed by atoms with Crippen molar-refractivity contribution in [2.75, 3.05) is 13.2 Å². The lowest BCUT2D eigenvalue weighted by Gasteiger charge is -2.19. The molecule has 94 valence electrons. The van der Waals surface area contributed by atoms with E-state index >= 15 is 0 Å². The lowest BCUT2D eigenvalue weighted by Crippen LogP contribution is -2.23. The summed E-state index contributed by atoms with van der Waals surface area (Å²) in [6.45, 7) is 8.09. The van der Waals surface area contributed by atoms with Crippen molar-refractivity contribution in [1.82, 2.24) is 14.9 Å². The smallest absolute Gasteiger partial charge is 0.115 e. The van der Waals surface area contributed by atoms with Crippen LogP contribution in [0.15, 0.2) is 11.8 Å². The van der Waals surface area contributed by atoms with E-state index in [4.69, 9.17) is 4.74 Å².